The molecule has 0 fully saturated rings. The summed E-state index contributed by atoms with van der Waals surface area (Å²) in [6.07, 6.45) is -15.2. The van der Waals surface area contributed by atoms with Gasteiger partial charge in [-0.15, -0.1) is 0 Å². The molecule has 0 saturated heterocycles. The Morgan fingerprint density at radius 2 is 2.00 bits per heavy atom. The number of hydrogen-bond donors (Lipinski definition) is 1. The van der Waals surface area contributed by atoms with Crippen LogP contribution in [-0.2, 0) is 6.37 Å². The first kappa shape index (κ1) is 7.43. The number of benzene rings is 2. The number of aliphatic hydroxyl groups is 1. The van der Waals surface area contributed by atoms with Crippen molar-refractivity contribution in [1.82, 2.24) is 0 Å². The summed E-state index contributed by atoms with van der Waals surface area (Å²) in [4.78, 5) is 0. The fourth-order valence-electron chi connectivity index (χ4n) is 1.74. The highest BCUT2D eigenvalue weighted by atomic mass is 16.5. The highest BCUT2D eigenvalue weighted by Crippen LogP contribution is 2.28. The Hall–Kier alpha value is -2.20. The van der Waals surface area contributed by atoms with E-state index in [1.807, 2.05) is 0 Å². The van der Waals surface area contributed by atoms with Crippen LogP contribution in [0.5, 0.6) is 17.2 Å². The third-order valence-electron chi connectivity index (χ3n) is 3.23. The van der Waals surface area contributed by atoms with E-state index in [-0.39, 0.29) is 17.6 Å². The maximum absolute atomic E-state index is 10.7. The van der Waals surface area contributed by atoms with Gasteiger partial charge >= 0.3 is 0 Å². The van der Waals surface area contributed by atoms with Crippen LogP contribution in [0.15, 0.2) is 36.3 Å². The Bertz CT molecular complexity index is 1320. The van der Waals surface area contributed by atoms with Crippen LogP contribution in [0.25, 0.3) is 0 Å². The lowest BCUT2D eigenvalue weighted by atomic mass is 10.0. The van der Waals surface area contributed by atoms with Crippen molar-refractivity contribution in [2.75, 3.05) is 20.8 Å². The third-order valence-corrected chi connectivity index (χ3v) is 3.23. The summed E-state index contributed by atoms with van der Waals surface area (Å²) in [6.45, 7) is 1.71. The fraction of sp³-hybridized carbons (Fsp3) is 0.455. The molecule has 0 saturated carbocycles. The Balaban J connectivity index is 2.53. The van der Waals surface area contributed by atoms with E-state index in [9.17, 15) is 5.11 Å². The minimum atomic E-state index is -3.50. The average Bonchev–Trinajstić information content (AvgIpc) is 2.83. The van der Waals surface area contributed by atoms with Gasteiger partial charge in [0.05, 0.1) is 33.9 Å². The van der Waals surface area contributed by atoms with E-state index in [0.29, 0.717) is 5.56 Å². The van der Waals surface area contributed by atoms with Gasteiger partial charge in [-0.2, -0.15) is 0 Å². The Morgan fingerprint density at radius 1 is 1.15 bits per heavy atom. The van der Waals surface area contributed by atoms with Crippen LogP contribution < -0.4 is 14.2 Å². The summed E-state index contributed by atoms with van der Waals surface area (Å²) < 4.78 is 144. The zero-order chi connectivity index (χ0) is 33.0. The molecule has 1 N–H and O–H groups in total. The van der Waals surface area contributed by atoms with E-state index in [1.54, 1.807) is 0 Å². The molecule has 0 aliphatic heterocycles. The molecule has 4 heteroatoms. The van der Waals surface area contributed by atoms with Crippen molar-refractivity contribution in [1.29, 1.82) is 0 Å². The smallest absolute Gasteiger partial charge is 0.160 e. The molecule has 0 radical (unpaired) electrons. The van der Waals surface area contributed by atoms with Gasteiger partial charge in [0.25, 0.3) is 0 Å². The Kier molecular flexibility index (Phi) is 2.88. The number of ether oxygens (including phenoxy) is 3. The average molecular weight is 375 g/mol. The van der Waals surface area contributed by atoms with Crippen LogP contribution in [0.2, 0.25) is 0 Å². The molecule has 0 aliphatic carbocycles. The molecular weight excluding hydrogens is 328 g/mol. The molecular formula is C22H30O4. The maximum atomic E-state index is 10.7. The molecule has 0 aliphatic rings. The van der Waals surface area contributed by atoms with Gasteiger partial charge in [0.15, 0.2) is 11.5 Å². The van der Waals surface area contributed by atoms with Crippen molar-refractivity contribution < 1.29 is 41.2 Å². The first-order valence-corrected chi connectivity index (χ1v) is 7.55. The molecule has 1 unspecified atom stereocenters. The van der Waals surface area contributed by atoms with Crippen molar-refractivity contribution in [3.8, 4) is 17.2 Å². The second kappa shape index (κ2) is 10.1. The zero-order valence-corrected chi connectivity index (χ0v) is 14.6. The molecule has 0 heterocycles. The van der Waals surface area contributed by atoms with Gasteiger partial charge in [-0.3, -0.25) is 0 Å². The lowest BCUT2D eigenvalue weighted by Crippen LogP contribution is -2.17. The molecule has 0 amide bonds. The summed E-state index contributed by atoms with van der Waals surface area (Å²) in [5.74, 6) is -2.19. The molecule has 2 aromatic carbocycles. The number of methoxy groups -OCH3 is 2. The summed E-state index contributed by atoms with van der Waals surface area (Å²) in [5.41, 5.74) is -0.581. The van der Waals surface area contributed by atoms with Crippen molar-refractivity contribution >= 4 is 0 Å². The Labute approximate surface area is 179 Å². The van der Waals surface area contributed by atoms with Crippen molar-refractivity contribution in [3.63, 3.8) is 0 Å². The van der Waals surface area contributed by atoms with E-state index in [1.165, 1.54) is 13.8 Å². The molecule has 26 heavy (non-hydrogen) atoms. The Morgan fingerprint density at radius 3 is 2.77 bits per heavy atom. The van der Waals surface area contributed by atoms with Crippen LogP contribution in [-0.4, -0.2) is 31.9 Å². The predicted molar refractivity (Wildman–Crippen MR) is 105 cm³/mol. The lowest BCUT2D eigenvalue weighted by Gasteiger charge is -2.13. The van der Waals surface area contributed by atoms with Gasteiger partial charge in [-0.25, -0.2) is 0 Å². The van der Waals surface area contributed by atoms with Crippen LogP contribution >= 0.6 is 0 Å². The normalized spacial score (nSPS) is 24.2. The summed E-state index contributed by atoms with van der Waals surface area (Å²) in [5, 5.41) is 10.7. The highest BCUT2D eigenvalue weighted by molar-refractivity contribution is 5.42. The van der Waals surface area contributed by atoms with Gasteiger partial charge in [0.2, 0.25) is 0 Å². The maximum Gasteiger partial charge on any atom is 0.160 e. The standard InChI is InChI=1S/C22H30O4/c1-16-9-11-20(13-17(16)2)26-15-19(23)8-6-5-7-18-10-12-21(24-3)22(14-18)25-4/h9-14,19,23H,5-8,15H2,1-4H3/i4D3,5D2,7D2,8D2,9D,10D,11D,12D,13D,14D,19D. The number of hydrogen-bond acceptors (Lipinski definition) is 4. The predicted octanol–water partition coefficient (Wildman–Crippen LogP) is 4.47. The van der Waals surface area contributed by atoms with Gasteiger partial charge in [-0.1, -0.05) is 18.5 Å². The van der Waals surface area contributed by atoms with Crippen LogP contribution in [0, 0.1) is 13.8 Å². The quantitative estimate of drug-likeness (QED) is 0.666. The fourth-order valence-corrected chi connectivity index (χ4v) is 1.74. The van der Waals surface area contributed by atoms with Gasteiger partial charge < -0.3 is 19.3 Å². The van der Waals surface area contributed by atoms with Gasteiger partial charge in [-0.05, 0) is 73.8 Å². The molecule has 142 valence electrons. The second-order valence-electron chi connectivity index (χ2n) is 5.06. The van der Waals surface area contributed by atoms with E-state index >= 15 is 0 Å². The molecule has 2 rings (SSSR count). The summed E-state index contributed by atoms with van der Waals surface area (Å²) in [7, 11) is -2.23. The minimum Gasteiger partial charge on any atom is -0.493 e. The van der Waals surface area contributed by atoms with E-state index in [0.717, 1.165) is 7.11 Å². The van der Waals surface area contributed by atoms with Crippen LogP contribution in [0.4, 0.5) is 0 Å². The molecule has 1 atom stereocenters. The van der Waals surface area contributed by atoms with Gasteiger partial charge in [0, 0.05) is 8.22 Å². The second-order valence-corrected chi connectivity index (χ2v) is 5.06. The molecule has 0 spiro atoms. The summed E-state index contributed by atoms with van der Waals surface area (Å²) >= 11 is 0. The largest absolute Gasteiger partial charge is 0.493 e. The van der Waals surface area contributed by atoms with Crippen molar-refractivity contribution in [2.45, 2.75) is 45.5 Å². The third kappa shape index (κ3) is 5.95. The highest BCUT2D eigenvalue weighted by Gasteiger charge is 2.07. The van der Waals surface area contributed by atoms with E-state index < -0.39 is 92.2 Å². The minimum absolute atomic E-state index is 0.263. The monoisotopic (exact) mass is 374 g/mol. The first-order chi connectivity index (χ1) is 18.8. The first-order valence-electron chi connectivity index (χ1n) is 15.5. The van der Waals surface area contributed by atoms with Crippen molar-refractivity contribution in [2.24, 2.45) is 0 Å². The zero-order valence-electron chi connectivity index (χ0n) is 30.6. The van der Waals surface area contributed by atoms with E-state index in [2.05, 4.69) is 0 Å². The van der Waals surface area contributed by atoms with Crippen molar-refractivity contribution in [3.05, 3.63) is 52.9 Å². The lowest BCUT2D eigenvalue weighted by molar-refractivity contribution is 0.0976. The summed E-state index contributed by atoms with van der Waals surface area (Å²) in [6, 6.07) is -4.35. The van der Waals surface area contributed by atoms with Crippen LogP contribution in [0.3, 0.4) is 0 Å². The number of rotatable bonds is 10. The topological polar surface area (TPSA) is 47.9 Å². The van der Waals surface area contributed by atoms with Crippen LogP contribution in [0.1, 0.15) is 57.8 Å². The van der Waals surface area contributed by atoms with E-state index in [4.69, 9.17) is 36.1 Å². The molecule has 2 aromatic rings. The SMILES string of the molecule is [2H]c1c([2H])c(OCC([2H])(O)C([2H])([2H])CC([2H])([2H])C([2H])([2H])c2c([2H])c([2H])c(OC)c(OC([2H])([2H])[2H])c2[2H])c([2H])c(C)c1C. The molecule has 0 aromatic heterocycles. The molecule has 0 bridgehead atoms. The molecule has 4 nitrogen and oxygen atoms in total. The van der Waals surface area contributed by atoms with Gasteiger partial charge in [0.1, 0.15) is 12.4 Å².